The van der Waals surface area contributed by atoms with Gasteiger partial charge in [-0.3, -0.25) is 4.79 Å². The highest BCUT2D eigenvalue weighted by Gasteiger charge is 2.31. The molecule has 1 aliphatic carbocycles. The molecule has 0 spiro atoms. The normalized spacial score (nSPS) is 14.3. The fourth-order valence-corrected chi connectivity index (χ4v) is 2.49. The highest BCUT2D eigenvalue weighted by molar-refractivity contribution is 6.00. The first-order valence-corrected chi connectivity index (χ1v) is 7.78. The topological polar surface area (TPSA) is 49.6 Å². The molecule has 2 rings (SSSR count). The van der Waals surface area contributed by atoms with Gasteiger partial charge in [0.25, 0.3) is 5.91 Å². The average Bonchev–Trinajstić information content (AvgIpc) is 3.22. The van der Waals surface area contributed by atoms with Crippen LogP contribution in [-0.4, -0.2) is 37.5 Å². The summed E-state index contributed by atoms with van der Waals surface area (Å²) in [6.45, 7) is 5.45. The monoisotopic (exact) mass is 289 g/mol. The smallest absolute Gasteiger partial charge is 0.255 e. The van der Waals surface area contributed by atoms with Crippen molar-refractivity contribution in [3.63, 3.8) is 0 Å². The molecule has 1 amide bonds. The number of nitrogen functional groups attached to an aromatic ring is 1. The van der Waals surface area contributed by atoms with E-state index < -0.39 is 0 Å². The van der Waals surface area contributed by atoms with Crippen LogP contribution in [0.5, 0.6) is 0 Å². The minimum absolute atomic E-state index is 0.0418. The van der Waals surface area contributed by atoms with E-state index in [4.69, 9.17) is 5.73 Å². The first-order chi connectivity index (χ1) is 9.90. The molecule has 0 heterocycles. The molecule has 21 heavy (non-hydrogen) atoms. The van der Waals surface area contributed by atoms with Crippen LogP contribution in [-0.2, 0) is 0 Å². The molecule has 0 aliphatic heterocycles. The van der Waals surface area contributed by atoms with Gasteiger partial charge in [-0.25, -0.2) is 0 Å². The number of benzene rings is 1. The number of anilines is 2. The van der Waals surface area contributed by atoms with E-state index in [1.165, 1.54) is 12.8 Å². The molecule has 1 fully saturated rings. The summed E-state index contributed by atoms with van der Waals surface area (Å²) in [6, 6.07) is 6.19. The molecule has 1 aliphatic rings. The molecule has 0 bridgehead atoms. The average molecular weight is 289 g/mol. The van der Waals surface area contributed by atoms with Gasteiger partial charge in [-0.1, -0.05) is 13.8 Å². The van der Waals surface area contributed by atoms with Crippen molar-refractivity contribution in [3.05, 3.63) is 23.8 Å². The highest BCUT2D eigenvalue weighted by Crippen LogP contribution is 2.35. The van der Waals surface area contributed by atoms with E-state index in [2.05, 4.69) is 18.7 Å². The molecule has 0 atom stereocenters. The summed E-state index contributed by atoms with van der Waals surface area (Å²) in [5, 5.41) is 0. The Morgan fingerprint density at radius 1 is 1.33 bits per heavy atom. The van der Waals surface area contributed by atoms with Crippen LogP contribution < -0.4 is 10.6 Å². The third-order valence-corrected chi connectivity index (χ3v) is 3.90. The number of amides is 1. The van der Waals surface area contributed by atoms with Crippen molar-refractivity contribution >= 4 is 17.3 Å². The lowest BCUT2D eigenvalue weighted by atomic mass is 10.1. The zero-order valence-electron chi connectivity index (χ0n) is 13.6. The number of hydrogen-bond donors (Lipinski definition) is 1. The molecule has 4 heteroatoms. The molecule has 4 nitrogen and oxygen atoms in total. The minimum Gasteiger partial charge on any atom is -0.399 e. The van der Waals surface area contributed by atoms with E-state index in [-0.39, 0.29) is 5.91 Å². The van der Waals surface area contributed by atoms with Crippen molar-refractivity contribution in [2.45, 2.75) is 39.2 Å². The van der Waals surface area contributed by atoms with Gasteiger partial charge in [-0.05, 0) is 43.4 Å². The first-order valence-electron chi connectivity index (χ1n) is 7.78. The number of nitrogens with zero attached hydrogens (tertiary/aromatic N) is 2. The van der Waals surface area contributed by atoms with Gasteiger partial charge in [-0.15, -0.1) is 0 Å². The van der Waals surface area contributed by atoms with E-state index in [0.717, 1.165) is 29.9 Å². The maximum atomic E-state index is 12.4. The van der Waals surface area contributed by atoms with Crippen LogP contribution in [0.1, 0.15) is 43.5 Å². The standard InChI is InChI=1S/C17H27N3O/c1-12(2)9-10-20(14-6-7-14)16-11-13(18)5-8-15(16)17(21)19(3)4/h5,8,11-12,14H,6-7,9-10,18H2,1-4H3. The summed E-state index contributed by atoms with van der Waals surface area (Å²) < 4.78 is 0. The summed E-state index contributed by atoms with van der Waals surface area (Å²) in [5.74, 6) is 0.695. The predicted molar refractivity (Wildman–Crippen MR) is 88.7 cm³/mol. The van der Waals surface area contributed by atoms with Crippen molar-refractivity contribution in [3.8, 4) is 0 Å². The molecule has 0 radical (unpaired) electrons. The molecular formula is C17H27N3O. The second kappa shape index (κ2) is 6.37. The molecule has 1 saturated carbocycles. The first kappa shape index (κ1) is 15.7. The number of carbonyl (C=O) groups is 1. The van der Waals surface area contributed by atoms with Crippen LogP contribution in [0.15, 0.2) is 18.2 Å². The lowest BCUT2D eigenvalue weighted by Gasteiger charge is -2.28. The lowest BCUT2D eigenvalue weighted by Crippen LogP contribution is -2.31. The summed E-state index contributed by atoms with van der Waals surface area (Å²) in [6.07, 6.45) is 3.55. The van der Waals surface area contributed by atoms with Gasteiger partial charge in [0.15, 0.2) is 0 Å². The maximum absolute atomic E-state index is 12.4. The maximum Gasteiger partial charge on any atom is 0.255 e. The Kier molecular flexibility index (Phi) is 4.76. The van der Waals surface area contributed by atoms with E-state index in [9.17, 15) is 4.79 Å². The molecule has 0 saturated heterocycles. The summed E-state index contributed by atoms with van der Waals surface area (Å²) >= 11 is 0. The van der Waals surface area contributed by atoms with Crippen LogP contribution in [0.3, 0.4) is 0 Å². The molecular weight excluding hydrogens is 262 g/mol. The predicted octanol–water partition coefficient (Wildman–Crippen LogP) is 2.99. The van der Waals surface area contributed by atoms with Gasteiger partial charge in [0.1, 0.15) is 0 Å². The Balaban J connectivity index is 2.33. The van der Waals surface area contributed by atoms with E-state index in [1.807, 2.05) is 18.2 Å². The van der Waals surface area contributed by atoms with Crippen LogP contribution >= 0.6 is 0 Å². The van der Waals surface area contributed by atoms with E-state index >= 15 is 0 Å². The van der Waals surface area contributed by atoms with Crippen LogP contribution in [0.2, 0.25) is 0 Å². The zero-order valence-corrected chi connectivity index (χ0v) is 13.6. The molecule has 1 aromatic rings. The molecule has 116 valence electrons. The molecule has 0 unspecified atom stereocenters. The Morgan fingerprint density at radius 3 is 2.52 bits per heavy atom. The molecule has 0 aromatic heterocycles. The van der Waals surface area contributed by atoms with E-state index in [1.54, 1.807) is 19.0 Å². The van der Waals surface area contributed by atoms with Gasteiger partial charge in [0.2, 0.25) is 0 Å². The Labute approximate surface area is 127 Å². The lowest BCUT2D eigenvalue weighted by molar-refractivity contribution is 0.0828. The third kappa shape index (κ3) is 3.90. The van der Waals surface area contributed by atoms with Crippen LogP contribution in [0.4, 0.5) is 11.4 Å². The van der Waals surface area contributed by atoms with Gasteiger partial charge in [0.05, 0.1) is 11.3 Å². The van der Waals surface area contributed by atoms with Gasteiger partial charge >= 0.3 is 0 Å². The Morgan fingerprint density at radius 2 is 2.00 bits per heavy atom. The SMILES string of the molecule is CC(C)CCN(c1cc(N)ccc1C(=O)N(C)C)C1CC1. The van der Waals surface area contributed by atoms with E-state index in [0.29, 0.717) is 12.0 Å². The number of nitrogens with two attached hydrogens (primary N) is 1. The van der Waals surface area contributed by atoms with Crippen molar-refractivity contribution in [1.82, 2.24) is 4.90 Å². The van der Waals surface area contributed by atoms with Crippen molar-refractivity contribution < 1.29 is 4.79 Å². The summed E-state index contributed by atoms with van der Waals surface area (Å²) in [4.78, 5) is 16.4. The molecule has 2 N–H and O–H groups in total. The minimum atomic E-state index is 0.0418. The quantitative estimate of drug-likeness (QED) is 0.819. The largest absolute Gasteiger partial charge is 0.399 e. The fourth-order valence-electron chi connectivity index (χ4n) is 2.49. The van der Waals surface area contributed by atoms with Gasteiger partial charge < -0.3 is 15.5 Å². The second-order valence-electron chi connectivity index (χ2n) is 6.58. The van der Waals surface area contributed by atoms with Crippen molar-refractivity contribution in [2.75, 3.05) is 31.3 Å². The number of rotatable bonds is 6. The highest BCUT2D eigenvalue weighted by atomic mass is 16.2. The van der Waals surface area contributed by atoms with Gasteiger partial charge in [-0.2, -0.15) is 0 Å². The second-order valence-corrected chi connectivity index (χ2v) is 6.58. The Hall–Kier alpha value is -1.71. The van der Waals surface area contributed by atoms with Crippen molar-refractivity contribution in [1.29, 1.82) is 0 Å². The Bertz CT molecular complexity index is 507. The van der Waals surface area contributed by atoms with Crippen LogP contribution in [0.25, 0.3) is 0 Å². The summed E-state index contributed by atoms with van der Waals surface area (Å²) in [7, 11) is 3.58. The summed E-state index contributed by atoms with van der Waals surface area (Å²) in [5.41, 5.74) is 8.44. The fraction of sp³-hybridized carbons (Fsp3) is 0.588. The van der Waals surface area contributed by atoms with Crippen molar-refractivity contribution in [2.24, 2.45) is 5.92 Å². The number of carbonyl (C=O) groups excluding carboxylic acids is 1. The zero-order chi connectivity index (χ0) is 15.6. The molecule has 1 aromatic carbocycles. The van der Waals surface area contributed by atoms with Crippen LogP contribution in [0, 0.1) is 5.92 Å². The number of hydrogen-bond acceptors (Lipinski definition) is 3. The van der Waals surface area contributed by atoms with Gasteiger partial charge in [0, 0.05) is 32.4 Å². The third-order valence-electron chi connectivity index (χ3n) is 3.90.